The lowest BCUT2D eigenvalue weighted by molar-refractivity contribution is 0.102. The van der Waals surface area contributed by atoms with Crippen molar-refractivity contribution in [2.75, 3.05) is 5.32 Å². The molecular weight excluding hydrogens is 306 g/mol. The molecule has 1 aromatic carbocycles. The molecule has 0 spiro atoms. The van der Waals surface area contributed by atoms with Crippen molar-refractivity contribution in [3.05, 3.63) is 65.4 Å². The van der Waals surface area contributed by atoms with Crippen LogP contribution in [-0.2, 0) is 0 Å². The number of carbonyl (C=O) groups is 1. The monoisotopic (exact) mass is 323 g/mol. The number of hydrogen-bond donors (Lipinski definition) is 1. The van der Waals surface area contributed by atoms with Crippen molar-refractivity contribution in [3.8, 4) is 11.8 Å². The summed E-state index contributed by atoms with van der Waals surface area (Å²) in [6.07, 6.45) is 3.20. The van der Waals surface area contributed by atoms with Gasteiger partial charge in [0.2, 0.25) is 0 Å². The number of aryl methyl sites for hydroxylation is 2. The van der Waals surface area contributed by atoms with E-state index in [1.165, 1.54) is 0 Å². The first kappa shape index (κ1) is 15.7. The number of carbonyl (C=O) groups excluding carboxylic acids is 1. The molecule has 1 amide bonds. The van der Waals surface area contributed by atoms with Gasteiger partial charge in [0.25, 0.3) is 5.91 Å². The van der Waals surface area contributed by atoms with Gasteiger partial charge in [-0.2, -0.15) is 0 Å². The van der Waals surface area contributed by atoms with Gasteiger partial charge in [0.1, 0.15) is 17.3 Å². The third-order valence-electron chi connectivity index (χ3n) is 3.63. The Morgan fingerprint density at radius 1 is 1.08 bits per heavy atom. The number of furan rings is 1. The fourth-order valence-corrected chi connectivity index (χ4v) is 2.40. The molecule has 0 saturated carbocycles. The normalized spacial score (nSPS) is 10.5. The lowest BCUT2D eigenvalue weighted by Crippen LogP contribution is -2.13. The maximum atomic E-state index is 12.5. The average Bonchev–Trinajstić information content (AvgIpc) is 2.81. The molecule has 2 heterocycles. The molecule has 122 valence electrons. The van der Waals surface area contributed by atoms with Gasteiger partial charge in [-0.25, -0.2) is 9.97 Å². The van der Waals surface area contributed by atoms with Crippen molar-refractivity contribution in [1.29, 1.82) is 0 Å². The second kappa shape index (κ2) is 6.54. The zero-order chi connectivity index (χ0) is 17.1. The Hall–Kier alpha value is -3.15. The number of nitrogens with zero attached hydrogens (tertiary/aromatic N) is 2. The number of benzene rings is 1. The fourth-order valence-electron chi connectivity index (χ4n) is 2.40. The first-order valence-corrected chi connectivity index (χ1v) is 7.47. The van der Waals surface area contributed by atoms with Crippen LogP contribution in [0.3, 0.4) is 0 Å². The molecule has 6 heteroatoms. The Labute approximate surface area is 139 Å². The Morgan fingerprint density at radius 3 is 2.50 bits per heavy atom. The number of ether oxygens (including phenoxy) is 1. The topological polar surface area (TPSA) is 77.2 Å². The molecule has 6 nitrogen and oxygen atoms in total. The van der Waals surface area contributed by atoms with Crippen LogP contribution < -0.4 is 10.1 Å². The minimum atomic E-state index is -0.213. The molecule has 24 heavy (non-hydrogen) atoms. The van der Waals surface area contributed by atoms with Gasteiger partial charge >= 0.3 is 6.01 Å². The third kappa shape index (κ3) is 3.27. The molecule has 0 bridgehead atoms. The summed E-state index contributed by atoms with van der Waals surface area (Å²) in [4.78, 5) is 20.5. The first-order valence-electron chi connectivity index (χ1n) is 7.47. The number of nitrogens with one attached hydrogen (secondary N) is 1. The lowest BCUT2D eigenvalue weighted by Gasteiger charge is -2.08. The molecule has 0 radical (unpaired) electrons. The summed E-state index contributed by atoms with van der Waals surface area (Å²) in [5.41, 5.74) is 2.02. The smallest absolute Gasteiger partial charge is 0.321 e. The maximum Gasteiger partial charge on any atom is 0.321 e. The van der Waals surface area contributed by atoms with Crippen LogP contribution in [0.15, 0.2) is 47.1 Å². The highest BCUT2D eigenvalue weighted by Gasteiger charge is 2.18. The molecule has 0 saturated heterocycles. The van der Waals surface area contributed by atoms with Crippen LogP contribution in [0.2, 0.25) is 0 Å². The van der Waals surface area contributed by atoms with E-state index in [-0.39, 0.29) is 11.9 Å². The molecule has 1 N–H and O–H groups in total. The summed E-state index contributed by atoms with van der Waals surface area (Å²) in [5, 5.41) is 2.86. The fraction of sp³-hybridized carbons (Fsp3) is 0.167. The summed E-state index contributed by atoms with van der Waals surface area (Å²) in [6, 6.07) is 9.01. The van der Waals surface area contributed by atoms with Crippen LogP contribution in [0.1, 0.15) is 27.4 Å². The van der Waals surface area contributed by atoms with E-state index in [1.54, 1.807) is 49.6 Å². The van der Waals surface area contributed by atoms with Crippen LogP contribution in [0, 0.1) is 20.8 Å². The minimum absolute atomic E-state index is 0.213. The second-order valence-electron chi connectivity index (χ2n) is 5.33. The summed E-state index contributed by atoms with van der Waals surface area (Å²) in [5.74, 6) is 1.68. The molecule has 0 aliphatic heterocycles. The standard InChI is InChI=1S/C18H17N3O3/c1-11-12(2)23-13(3)16(11)17(22)21-14-6-4-7-15(10-14)24-18-19-8-5-9-20-18/h4-10H,1-3H3,(H,21,22). The zero-order valence-electron chi connectivity index (χ0n) is 13.7. The summed E-state index contributed by atoms with van der Waals surface area (Å²) < 4.78 is 11.1. The van der Waals surface area contributed by atoms with Gasteiger partial charge in [-0.1, -0.05) is 6.07 Å². The molecular formula is C18H17N3O3. The third-order valence-corrected chi connectivity index (χ3v) is 3.63. The number of anilines is 1. The van der Waals surface area contributed by atoms with E-state index in [0.29, 0.717) is 22.8 Å². The van der Waals surface area contributed by atoms with E-state index in [4.69, 9.17) is 9.15 Å². The Morgan fingerprint density at radius 2 is 1.83 bits per heavy atom. The largest absolute Gasteiger partial charge is 0.466 e. The zero-order valence-corrected chi connectivity index (χ0v) is 13.7. The van der Waals surface area contributed by atoms with E-state index in [0.717, 1.165) is 11.3 Å². The van der Waals surface area contributed by atoms with Crippen LogP contribution in [0.4, 0.5) is 5.69 Å². The van der Waals surface area contributed by atoms with Crippen LogP contribution in [0.25, 0.3) is 0 Å². The van der Waals surface area contributed by atoms with Crippen molar-refractivity contribution in [1.82, 2.24) is 9.97 Å². The first-order chi connectivity index (χ1) is 11.5. The number of amides is 1. The molecule has 0 fully saturated rings. The van der Waals surface area contributed by atoms with Crippen molar-refractivity contribution in [2.45, 2.75) is 20.8 Å². The quantitative estimate of drug-likeness (QED) is 0.784. The van der Waals surface area contributed by atoms with E-state index in [9.17, 15) is 4.79 Å². The Bertz CT molecular complexity index is 872. The Kier molecular flexibility index (Phi) is 4.29. The van der Waals surface area contributed by atoms with Crippen molar-refractivity contribution < 1.29 is 13.9 Å². The molecule has 0 atom stereocenters. The van der Waals surface area contributed by atoms with Crippen molar-refractivity contribution >= 4 is 11.6 Å². The number of hydrogen-bond acceptors (Lipinski definition) is 5. The molecule has 0 aliphatic rings. The summed E-state index contributed by atoms with van der Waals surface area (Å²) in [7, 11) is 0. The van der Waals surface area contributed by atoms with Gasteiger partial charge in [0.05, 0.1) is 5.56 Å². The molecule has 0 unspecified atom stereocenters. The van der Waals surface area contributed by atoms with Crippen molar-refractivity contribution in [3.63, 3.8) is 0 Å². The SMILES string of the molecule is Cc1oc(C)c(C(=O)Nc2cccc(Oc3ncccn3)c2)c1C. The molecule has 3 rings (SSSR count). The highest BCUT2D eigenvalue weighted by molar-refractivity contribution is 6.06. The van der Waals surface area contributed by atoms with E-state index < -0.39 is 0 Å². The van der Waals surface area contributed by atoms with Gasteiger partial charge in [0, 0.05) is 29.7 Å². The Balaban J connectivity index is 1.78. The van der Waals surface area contributed by atoms with E-state index in [1.807, 2.05) is 13.8 Å². The lowest BCUT2D eigenvalue weighted by atomic mass is 10.1. The second-order valence-corrected chi connectivity index (χ2v) is 5.33. The van der Waals surface area contributed by atoms with Gasteiger partial charge in [-0.3, -0.25) is 4.79 Å². The van der Waals surface area contributed by atoms with Gasteiger partial charge < -0.3 is 14.5 Å². The van der Waals surface area contributed by atoms with Crippen LogP contribution in [0.5, 0.6) is 11.8 Å². The predicted octanol–water partition coefficient (Wildman–Crippen LogP) is 4.04. The molecule has 2 aromatic heterocycles. The molecule has 3 aromatic rings. The van der Waals surface area contributed by atoms with Crippen LogP contribution >= 0.6 is 0 Å². The summed E-state index contributed by atoms with van der Waals surface area (Å²) in [6.45, 7) is 5.49. The summed E-state index contributed by atoms with van der Waals surface area (Å²) >= 11 is 0. The van der Waals surface area contributed by atoms with Gasteiger partial charge in [0.15, 0.2) is 0 Å². The highest BCUT2D eigenvalue weighted by atomic mass is 16.5. The minimum Gasteiger partial charge on any atom is -0.466 e. The molecule has 0 aliphatic carbocycles. The van der Waals surface area contributed by atoms with E-state index in [2.05, 4.69) is 15.3 Å². The van der Waals surface area contributed by atoms with Gasteiger partial charge in [-0.05, 0) is 39.0 Å². The van der Waals surface area contributed by atoms with E-state index >= 15 is 0 Å². The number of rotatable bonds is 4. The van der Waals surface area contributed by atoms with Gasteiger partial charge in [-0.15, -0.1) is 0 Å². The van der Waals surface area contributed by atoms with Crippen molar-refractivity contribution in [2.24, 2.45) is 0 Å². The van der Waals surface area contributed by atoms with Crippen LogP contribution in [-0.4, -0.2) is 15.9 Å². The highest BCUT2D eigenvalue weighted by Crippen LogP contribution is 2.24. The predicted molar refractivity (Wildman–Crippen MR) is 89.4 cm³/mol. The maximum absolute atomic E-state index is 12.5. The number of aromatic nitrogens is 2. The average molecular weight is 323 g/mol.